The van der Waals surface area contributed by atoms with Gasteiger partial charge in [0.1, 0.15) is 0 Å². The monoisotopic (exact) mass is 392 g/mol. The summed E-state index contributed by atoms with van der Waals surface area (Å²) in [6.45, 7) is 2.14. The first-order valence-electron chi connectivity index (χ1n) is 8.95. The topological polar surface area (TPSA) is 26.3 Å². The molecule has 1 aliphatic carbocycles. The van der Waals surface area contributed by atoms with E-state index in [4.69, 9.17) is 4.74 Å². The maximum atomic E-state index is 12.7. The Kier molecular flexibility index (Phi) is 7.89. The molecule has 2 atom stereocenters. The van der Waals surface area contributed by atoms with Gasteiger partial charge in [0, 0.05) is 0 Å². The summed E-state index contributed by atoms with van der Waals surface area (Å²) < 4.78 is 6.64. The third-order valence-corrected chi connectivity index (χ3v) is 7.36. The number of carbonyl (C=O) groups is 1. The van der Waals surface area contributed by atoms with Crippen molar-refractivity contribution in [2.45, 2.75) is 57.2 Å². The van der Waals surface area contributed by atoms with Crippen molar-refractivity contribution in [2.24, 2.45) is 11.3 Å². The molecule has 0 bridgehead atoms. The van der Waals surface area contributed by atoms with Crippen molar-refractivity contribution in [3.8, 4) is 11.8 Å². The molecule has 2 nitrogen and oxygen atoms in total. The summed E-state index contributed by atoms with van der Waals surface area (Å²) in [5.74, 6) is 6.88. The summed E-state index contributed by atoms with van der Waals surface area (Å²) in [5.41, 5.74) is -0.385. The minimum atomic E-state index is -0.385. The third-order valence-electron chi connectivity index (χ3n) is 4.90. The quantitative estimate of drug-likeness (QED) is 0.417. The van der Waals surface area contributed by atoms with Crippen LogP contribution in [0.3, 0.4) is 0 Å². The number of esters is 1. The second-order valence-electron chi connectivity index (χ2n) is 6.49. The fourth-order valence-electron chi connectivity index (χ4n) is 3.48. The van der Waals surface area contributed by atoms with E-state index in [0.717, 1.165) is 37.4 Å². The van der Waals surface area contributed by atoms with E-state index in [-0.39, 0.29) is 11.4 Å². The van der Waals surface area contributed by atoms with E-state index in [0.29, 0.717) is 27.3 Å². The third kappa shape index (κ3) is 4.88. The van der Waals surface area contributed by atoms with Crippen molar-refractivity contribution in [3.05, 3.63) is 30.3 Å². The molecule has 0 aromatic heterocycles. The second kappa shape index (κ2) is 9.92. The van der Waals surface area contributed by atoms with Crippen LogP contribution in [0.4, 0.5) is 0 Å². The van der Waals surface area contributed by atoms with Gasteiger partial charge in [0.15, 0.2) is 0 Å². The number of ether oxygens (including phenoxy) is 1. The summed E-state index contributed by atoms with van der Waals surface area (Å²) >= 11 is 0.402. The van der Waals surface area contributed by atoms with Gasteiger partial charge in [-0.2, -0.15) is 0 Å². The summed E-state index contributed by atoms with van der Waals surface area (Å²) in [4.78, 5) is 12.7. The Balaban J connectivity index is 2.14. The zero-order chi connectivity index (χ0) is 17.3. The molecule has 0 spiro atoms. The van der Waals surface area contributed by atoms with Crippen LogP contribution in [0.25, 0.3) is 0 Å². The van der Waals surface area contributed by atoms with Gasteiger partial charge in [0.25, 0.3) is 0 Å². The predicted molar refractivity (Wildman–Crippen MR) is 100 cm³/mol. The fourth-order valence-corrected chi connectivity index (χ4v) is 6.06. The normalized spacial score (nSPS) is 23.2. The summed E-state index contributed by atoms with van der Waals surface area (Å²) in [6, 6.07) is 10.7. The molecule has 0 saturated heterocycles. The Morgan fingerprint density at radius 1 is 1.29 bits per heavy atom. The molecular formula is C21H28O2Se. The SMILES string of the molecule is CCCC#CC[C@@]1(C(=O)OC)CCCC[C@@H]1C[Se]c1ccccc1. The number of methoxy groups -OCH3 is 1. The van der Waals surface area contributed by atoms with Crippen LogP contribution in [0.2, 0.25) is 5.32 Å². The van der Waals surface area contributed by atoms with Gasteiger partial charge < -0.3 is 0 Å². The molecule has 1 aromatic carbocycles. The number of unbranched alkanes of at least 4 members (excludes halogenated alkanes) is 1. The van der Waals surface area contributed by atoms with E-state index >= 15 is 0 Å². The standard InChI is InChI=1S/C21H28O2Se/c1-3-4-5-10-15-21(20(22)23-2)16-11-9-12-18(21)17-24-19-13-7-6-8-14-19/h6-8,13-14,18H,3-4,9,11-12,15-17H2,1-2H3/t18-,21-/m1/s1. The van der Waals surface area contributed by atoms with Crippen LogP contribution in [0.5, 0.6) is 0 Å². The van der Waals surface area contributed by atoms with Crippen LogP contribution in [0.15, 0.2) is 30.3 Å². The molecule has 0 N–H and O–H groups in total. The van der Waals surface area contributed by atoms with Crippen molar-refractivity contribution in [1.82, 2.24) is 0 Å². The molecule has 24 heavy (non-hydrogen) atoms. The Bertz CT molecular complexity index is 572. The van der Waals surface area contributed by atoms with E-state index in [1.54, 1.807) is 0 Å². The molecule has 2 rings (SSSR count). The average molecular weight is 391 g/mol. The van der Waals surface area contributed by atoms with E-state index in [1.165, 1.54) is 18.0 Å². The molecular weight excluding hydrogens is 363 g/mol. The summed E-state index contributed by atoms with van der Waals surface area (Å²) in [7, 11) is 1.53. The number of carbonyl (C=O) groups excluding carboxylic acids is 1. The van der Waals surface area contributed by atoms with Crippen LogP contribution < -0.4 is 4.46 Å². The van der Waals surface area contributed by atoms with Gasteiger partial charge in [0.05, 0.1) is 0 Å². The minimum absolute atomic E-state index is 0.0399. The molecule has 0 amide bonds. The van der Waals surface area contributed by atoms with Crippen molar-refractivity contribution in [1.29, 1.82) is 0 Å². The molecule has 0 radical (unpaired) electrons. The maximum absolute atomic E-state index is 12.7. The molecule has 0 aliphatic heterocycles. The van der Waals surface area contributed by atoms with Crippen molar-refractivity contribution >= 4 is 25.4 Å². The predicted octanol–water partition coefficient (Wildman–Crippen LogP) is 3.98. The Hall–Kier alpha value is -1.23. The zero-order valence-electron chi connectivity index (χ0n) is 14.8. The van der Waals surface area contributed by atoms with Crippen molar-refractivity contribution in [2.75, 3.05) is 7.11 Å². The van der Waals surface area contributed by atoms with E-state index in [1.807, 2.05) is 0 Å². The molecule has 1 saturated carbocycles. The van der Waals surface area contributed by atoms with Gasteiger partial charge in [-0.25, -0.2) is 0 Å². The Morgan fingerprint density at radius 3 is 2.79 bits per heavy atom. The van der Waals surface area contributed by atoms with Gasteiger partial charge >= 0.3 is 153 Å². The average Bonchev–Trinajstić information content (AvgIpc) is 2.64. The number of rotatable bonds is 6. The van der Waals surface area contributed by atoms with Crippen LogP contribution in [0.1, 0.15) is 51.9 Å². The van der Waals surface area contributed by atoms with Crippen LogP contribution in [0, 0.1) is 23.2 Å². The van der Waals surface area contributed by atoms with Gasteiger partial charge in [-0.1, -0.05) is 0 Å². The molecule has 1 aliphatic rings. The first-order valence-corrected chi connectivity index (χ1v) is 11.0. The first kappa shape index (κ1) is 19.1. The molecule has 3 heteroatoms. The molecule has 1 fully saturated rings. The first-order chi connectivity index (χ1) is 11.7. The Labute approximate surface area is 152 Å². The van der Waals surface area contributed by atoms with Crippen LogP contribution in [-0.2, 0) is 9.53 Å². The number of hydrogen-bond donors (Lipinski definition) is 0. The molecule has 130 valence electrons. The van der Waals surface area contributed by atoms with E-state index < -0.39 is 0 Å². The number of benzene rings is 1. The Morgan fingerprint density at radius 2 is 2.08 bits per heavy atom. The summed E-state index contributed by atoms with van der Waals surface area (Å²) in [5, 5.41) is 1.10. The molecule has 1 aromatic rings. The van der Waals surface area contributed by atoms with Gasteiger partial charge in [-0.3, -0.25) is 0 Å². The molecule has 0 unspecified atom stereocenters. The van der Waals surface area contributed by atoms with Gasteiger partial charge in [-0.15, -0.1) is 0 Å². The van der Waals surface area contributed by atoms with Crippen LogP contribution >= 0.6 is 0 Å². The second-order valence-corrected chi connectivity index (χ2v) is 8.79. The van der Waals surface area contributed by atoms with Gasteiger partial charge in [-0.05, 0) is 0 Å². The molecule has 0 heterocycles. The zero-order valence-corrected chi connectivity index (χ0v) is 16.6. The van der Waals surface area contributed by atoms with E-state index in [2.05, 4.69) is 49.1 Å². The van der Waals surface area contributed by atoms with Crippen molar-refractivity contribution in [3.63, 3.8) is 0 Å². The summed E-state index contributed by atoms with van der Waals surface area (Å²) in [6.07, 6.45) is 7.02. The number of hydrogen-bond acceptors (Lipinski definition) is 2. The van der Waals surface area contributed by atoms with E-state index in [9.17, 15) is 4.79 Å². The van der Waals surface area contributed by atoms with Gasteiger partial charge in [0.2, 0.25) is 0 Å². The van der Waals surface area contributed by atoms with Crippen LogP contribution in [-0.4, -0.2) is 28.0 Å². The van der Waals surface area contributed by atoms with Crippen molar-refractivity contribution < 1.29 is 9.53 Å². The fraction of sp³-hybridized carbons (Fsp3) is 0.571.